The van der Waals surface area contributed by atoms with E-state index in [0.717, 1.165) is 33.4 Å². The van der Waals surface area contributed by atoms with E-state index in [2.05, 4.69) is 29.6 Å². The Hall–Kier alpha value is -3.76. The quantitative estimate of drug-likeness (QED) is 0.261. The maximum absolute atomic E-state index is 13.6. The minimum absolute atomic E-state index is 0.204. The van der Waals surface area contributed by atoms with Crippen LogP contribution in [0.3, 0.4) is 0 Å². The fourth-order valence-electron chi connectivity index (χ4n) is 4.12. The second-order valence-electron chi connectivity index (χ2n) is 8.11. The van der Waals surface area contributed by atoms with Crippen LogP contribution in [0.5, 0.6) is 0 Å². The molecule has 0 aliphatic rings. The zero-order valence-electron chi connectivity index (χ0n) is 18.7. The van der Waals surface area contributed by atoms with Gasteiger partial charge in [0.1, 0.15) is 5.58 Å². The van der Waals surface area contributed by atoms with Crippen LogP contribution in [0.2, 0.25) is 0 Å². The molecule has 0 aliphatic carbocycles. The molecular weight excluding hydrogens is 438 g/mol. The number of thioether (sulfide) groups is 1. The number of nitrogens with one attached hydrogen (secondary N) is 1. The van der Waals surface area contributed by atoms with Gasteiger partial charge >= 0.3 is 0 Å². The van der Waals surface area contributed by atoms with Crippen LogP contribution in [0, 0.1) is 0 Å². The number of para-hydroxylation sites is 1. The van der Waals surface area contributed by atoms with Crippen molar-refractivity contribution in [1.82, 2.24) is 5.32 Å². The van der Waals surface area contributed by atoms with E-state index in [4.69, 9.17) is 4.42 Å². The number of hydrogen-bond acceptors (Lipinski definition) is 3. The van der Waals surface area contributed by atoms with Gasteiger partial charge in [-0.1, -0.05) is 109 Å². The maximum atomic E-state index is 13.6. The number of carbonyl (C=O) groups is 1. The van der Waals surface area contributed by atoms with Crippen LogP contribution >= 0.6 is 11.8 Å². The number of rotatable bonds is 8. The largest absolute Gasteiger partial charge is 0.451 e. The molecule has 5 rings (SSSR count). The van der Waals surface area contributed by atoms with Crippen molar-refractivity contribution in [3.05, 3.63) is 143 Å². The van der Waals surface area contributed by atoms with Crippen molar-refractivity contribution in [3.8, 4) is 0 Å². The Morgan fingerprint density at radius 2 is 1.26 bits per heavy atom. The zero-order chi connectivity index (χ0) is 23.2. The Balaban J connectivity index is 1.44. The number of amides is 1. The van der Waals surface area contributed by atoms with E-state index in [0.29, 0.717) is 11.5 Å². The molecule has 1 N–H and O–H groups in total. The average Bonchev–Trinajstić information content (AvgIpc) is 3.27. The molecular formula is C30H25NO2S. The van der Waals surface area contributed by atoms with Gasteiger partial charge in [0.15, 0.2) is 5.76 Å². The molecule has 5 aromatic rings. The maximum Gasteiger partial charge on any atom is 0.288 e. The molecule has 168 valence electrons. The summed E-state index contributed by atoms with van der Waals surface area (Å²) in [5.41, 5.74) is 4.99. The van der Waals surface area contributed by atoms with Gasteiger partial charge in [0.25, 0.3) is 5.91 Å². The Morgan fingerprint density at radius 1 is 0.706 bits per heavy atom. The Morgan fingerprint density at radius 3 is 1.91 bits per heavy atom. The molecule has 1 heterocycles. The van der Waals surface area contributed by atoms with Crippen molar-refractivity contribution in [2.24, 2.45) is 0 Å². The van der Waals surface area contributed by atoms with E-state index in [1.807, 2.05) is 91.0 Å². The Labute approximate surface area is 203 Å². The lowest BCUT2D eigenvalue weighted by Gasteiger charge is -2.19. The summed E-state index contributed by atoms with van der Waals surface area (Å²) in [6.45, 7) is 0. The number of furan rings is 1. The van der Waals surface area contributed by atoms with Crippen molar-refractivity contribution < 1.29 is 9.21 Å². The Kier molecular flexibility index (Phi) is 6.78. The summed E-state index contributed by atoms with van der Waals surface area (Å²) in [5, 5.41) is 4.22. The number of hydrogen-bond donors (Lipinski definition) is 1. The van der Waals surface area contributed by atoms with Gasteiger partial charge in [0.05, 0.1) is 6.04 Å². The highest BCUT2D eigenvalue weighted by Gasteiger charge is 2.24. The Bertz CT molecular complexity index is 1330. The van der Waals surface area contributed by atoms with Crippen molar-refractivity contribution in [1.29, 1.82) is 0 Å². The van der Waals surface area contributed by atoms with Crippen LogP contribution in [0.15, 0.2) is 120 Å². The summed E-state index contributed by atoms with van der Waals surface area (Å²) in [7, 11) is 0. The molecule has 0 fully saturated rings. The van der Waals surface area contributed by atoms with Gasteiger partial charge in [0.2, 0.25) is 0 Å². The topological polar surface area (TPSA) is 42.2 Å². The molecule has 0 aliphatic heterocycles. The molecule has 0 spiro atoms. The molecule has 4 aromatic carbocycles. The van der Waals surface area contributed by atoms with Crippen LogP contribution in [-0.2, 0) is 11.5 Å². The first-order chi connectivity index (χ1) is 16.8. The summed E-state index contributed by atoms with van der Waals surface area (Å²) in [4.78, 5) is 13.6. The standard InChI is InChI=1S/C30H25NO2S/c32-30(31-28(23-14-6-2-7-15-23)24-16-8-3-9-17-24)29-26(25-18-10-11-19-27(25)33-29)21-34-20-22-12-4-1-5-13-22/h1-19,28H,20-21H2,(H,31,32). The third-order valence-electron chi connectivity index (χ3n) is 5.80. The molecule has 34 heavy (non-hydrogen) atoms. The van der Waals surface area contributed by atoms with Gasteiger partial charge in [-0.05, 0) is 22.8 Å². The first-order valence-corrected chi connectivity index (χ1v) is 12.5. The second-order valence-corrected chi connectivity index (χ2v) is 9.10. The molecule has 0 bridgehead atoms. The molecule has 1 aromatic heterocycles. The third-order valence-corrected chi connectivity index (χ3v) is 6.83. The molecule has 0 unspecified atom stereocenters. The molecule has 4 heteroatoms. The summed E-state index contributed by atoms with van der Waals surface area (Å²) >= 11 is 1.78. The summed E-state index contributed by atoms with van der Waals surface area (Å²) < 4.78 is 6.11. The molecule has 0 radical (unpaired) electrons. The van der Waals surface area contributed by atoms with E-state index in [1.165, 1.54) is 5.56 Å². The second kappa shape index (κ2) is 10.4. The highest BCUT2D eigenvalue weighted by atomic mass is 32.2. The van der Waals surface area contributed by atoms with Crippen molar-refractivity contribution in [2.45, 2.75) is 17.5 Å². The lowest BCUT2D eigenvalue weighted by molar-refractivity contribution is 0.0916. The van der Waals surface area contributed by atoms with E-state index < -0.39 is 0 Å². The molecule has 0 saturated heterocycles. The minimum atomic E-state index is -0.270. The fraction of sp³-hybridized carbons (Fsp3) is 0.100. The first kappa shape index (κ1) is 22.1. The highest BCUT2D eigenvalue weighted by molar-refractivity contribution is 7.97. The molecule has 0 atom stereocenters. The van der Waals surface area contributed by atoms with Crippen molar-refractivity contribution in [2.75, 3.05) is 0 Å². The van der Waals surface area contributed by atoms with Crippen LogP contribution in [0.1, 0.15) is 38.9 Å². The van der Waals surface area contributed by atoms with Crippen LogP contribution in [0.4, 0.5) is 0 Å². The van der Waals surface area contributed by atoms with E-state index in [-0.39, 0.29) is 11.9 Å². The SMILES string of the molecule is O=C(NC(c1ccccc1)c1ccccc1)c1oc2ccccc2c1CSCc1ccccc1. The highest BCUT2D eigenvalue weighted by Crippen LogP contribution is 2.31. The van der Waals surface area contributed by atoms with Crippen LogP contribution < -0.4 is 5.32 Å². The first-order valence-electron chi connectivity index (χ1n) is 11.3. The average molecular weight is 464 g/mol. The van der Waals surface area contributed by atoms with Crippen molar-refractivity contribution >= 4 is 28.6 Å². The van der Waals surface area contributed by atoms with Gasteiger partial charge in [-0.15, -0.1) is 0 Å². The van der Waals surface area contributed by atoms with Gasteiger partial charge < -0.3 is 9.73 Å². The normalized spacial score (nSPS) is 11.1. The monoisotopic (exact) mass is 463 g/mol. The van der Waals surface area contributed by atoms with E-state index >= 15 is 0 Å². The third kappa shape index (κ3) is 4.92. The fourth-order valence-corrected chi connectivity index (χ4v) is 5.14. The molecule has 0 saturated carbocycles. The van der Waals surface area contributed by atoms with Gasteiger partial charge in [0, 0.05) is 22.5 Å². The smallest absolute Gasteiger partial charge is 0.288 e. The lowest BCUT2D eigenvalue weighted by Crippen LogP contribution is -2.29. The molecule has 3 nitrogen and oxygen atoms in total. The minimum Gasteiger partial charge on any atom is -0.451 e. The number of fused-ring (bicyclic) bond motifs is 1. The summed E-state index contributed by atoms with van der Waals surface area (Å²) in [5.74, 6) is 1.75. The zero-order valence-corrected chi connectivity index (χ0v) is 19.5. The number of benzene rings is 4. The summed E-state index contributed by atoms with van der Waals surface area (Å²) in [6, 6.07) is 38.0. The van der Waals surface area contributed by atoms with Gasteiger partial charge in [-0.2, -0.15) is 11.8 Å². The van der Waals surface area contributed by atoms with E-state index in [1.54, 1.807) is 11.8 Å². The van der Waals surface area contributed by atoms with Gasteiger partial charge in [-0.25, -0.2) is 0 Å². The van der Waals surface area contributed by atoms with Crippen LogP contribution in [0.25, 0.3) is 11.0 Å². The van der Waals surface area contributed by atoms with Crippen LogP contribution in [-0.4, -0.2) is 5.91 Å². The van der Waals surface area contributed by atoms with E-state index in [9.17, 15) is 4.79 Å². The van der Waals surface area contributed by atoms with Crippen molar-refractivity contribution in [3.63, 3.8) is 0 Å². The predicted molar refractivity (Wildman–Crippen MR) is 140 cm³/mol. The number of carbonyl (C=O) groups excluding carboxylic acids is 1. The molecule has 1 amide bonds. The predicted octanol–water partition coefficient (Wildman–Crippen LogP) is 7.39. The van der Waals surface area contributed by atoms with Gasteiger partial charge in [-0.3, -0.25) is 4.79 Å². The summed E-state index contributed by atoms with van der Waals surface area (Å²) in [6.07, 6.45) is 0. The lowest BCUT2D eigenvalue weighted by atomic mass is 9.98.